The minimum Gasteiger partial charge on any atom is -0.465 e. The van der Waals surface area contributed by atoms with Gasteiger partial charge in [-0.05, 0) is 38.8 Å². The van der Waals surface area contributed by atoms with Gasteiger partial charge in [-0.25, -0.2) is 14.2 Å². The van der Waals surface area contributed by atoms with Gasteiger partial charge in [-0.3, -0.25) is 9.78 Å². The number of carboxylic acid groups (broad SMARTS) is 1. The number of alkyl halides is 3. The number of rotatable bonds is 5. The maximum Gasteiger partial charge on any atom is 0.408 e. The molecule has 2 atom stereocenters. The zero-order valence-corrected chi connectivity index (χ0v) is 19.6. The first kappa shape index (κ1) is 25.2. The van der Waals surface area contributed by atoms with Crippen LogP contribution in [0.1, 0.15) is 36.2 Å². The van der Waals surface area contributed by atoms with Gasteiger partial charge in [0.15, 0.2) is 0 Å². The van der Waals surface area contributed by atoms with Gasteiger partial charge < -0.3 is 25.6 Å². The number of fused-ring (bicyclic) bond motifs is 1. The van der Waals surface area contributed by atoms with Crippen molar-refractivity contribution in [2.45, 2.75) is 44.9 Å². The maximum atomic E-state index is 14.5. The van der Waals surface area contributed by atoms with Crippen LogP contribution in [0.3, 0.4) is 0 Å². The smallest absolute Gasteiger partial charge is 0.408 e. The Balaban J connectivity index is 1.84. The number of halogens is 4. The lowest BCUT2D eigenvalue weighted by Gasteiger charge is -2.28. The van der Waals surface area contributed by atoms with Crippen molar-refractivity contribution in [2.75, 3.05) is 18.0 Å². The van der Waals surface area contributed by atoms with Crippen LogP contribution >= 0.6 is 0 Å². The second-order valence-electron chi connectivity index (χ2n) is 9.16. The number of nitrogens with one attached hydrogen (secondary N) is 3. The number of aromatic amines is 1. The summed E-state index contributed by atoms with van der Waals surface area (Å²) < 4.78 is 53.8. The van der Waals surface area contributed by atoms with Gasteiger partial charge in [0.2, 0.25) is 0 Å². The summed E-state index contributed by atoms with van der Waals surface area (Å²) in [5.41, 5.74) is 0.625. The number of aromatic nitrogens is 3. The molecule has 0 saturated carbocycles. The lowest BCUT2D eigenvalue weighted by atomic mass is 10.0. The quantitative estimate of drug-likeness (QED) is 0.387. The molecule has 9 nitrogen and oxygen atoms in total. The summed E-state index contributed by atoms with van der Waals surface area (Å²) in [6.45, 7) is 4.67. The molecule has 36 heavy (non-hydrogen) atoms. The molecule has 4 rings (SSSR count). The lowest BCUT2D eigenvalue weighted by Crippen LogP contribution is -2.47. The number of anilines is 1. The molecule has 13 heteroatoms. The van der Waals surface area contributed by atoms with E-state index in [4.69, 9.17) is 0 Å². The zero-order valence-electron chi connectivity index (χ0n) is 19.6. The summed E-state index contributed by atoms with van der Waals surface area (Å²) in [6.07, 6.45) is -2.99. The van der Waals surface area contributed by atoms with Crippen molar-refractivity contribution in [1.29, 1.82) is 0 Å². The molecule has 1 saturated heterocycles. The van der Waals surface area contributed by atoms with Crippen LogP contribution in [-0.4, -0.2) is 62.9 Å². The van der Waals surface area contributed by atoms with Crippen molar-refractivity contribution in [3.8, 4) is 11.4 Å². The highest BCUT2D eigenvalue weighted by molar-refractivity contribution is 6.03. The Morgan fingerprint density at radius 1 is 1.28 bits per heavy atom. The molecule has 3 aromatic rings. The fraction of sp³-hybridized carbons (Fsp3) is 0.391. The van der Waals surface area contributed by atoms with Crippen molar-refractivity contribution in [1.82, 2.24) is 25.6 Å². The van der Waals surface area contributed by atoms with Crippen molar-refractivity contribution in [3.63, 3.8) is 0 Å². The number of carbonyl (C=O) groups excluding carboxylic acids is 1. The summed E-state index contributed by atoms with van der Waals surface area (Å²) in [7, 11) is 0. The number of hydrogen-bond donors (Lipinski definition) is 4. The molecule has 1 unspecified atom stereocenters. The molecule has 2 amide bonds. The van der Waals surface area contributed by atoms with Gasteiger partial charge in [0, 0.05) is 25.5 Å². The first-order valence-electron chi connectivity index (χ1n) is 11.1. The van der Waals surface area contributed by atoms with Gasteiger partial charge in [-0.2, -0.15) is 13.2 Å². The minimum absolute atomic E-state index is 0.124. The number of H-pyrrole nitrogens is 1. The van der Waals surface area contributed by atoms with Gasteiger partial charge in [-0.15, -0.1) is 0 Å². The maximum absolute atomic E-state index is 14.5. The highest BCUT2D eigenvalue weighted by atomic mass is 19.4. The highest BCUT2D eigenvalue weighted by Crippen LogP contribution is 2.37. The predicted molar refractivity (Wildman–Crippen MR) is 123 cm³/mol. The molecule has 4 N–H and O–H groups in total. The van der Waals surface area contributed by atoms with Gasteiger partial charge in [0.05, 0.1) is 27.9 Å². The highest BCUT2D eigenvalue weighted by Gasteiger charge is 2.40. The summed E-state index contributed by atoms with van der Waals surface area (Å²) in [5, 5.41) is 13.6. The van der Waals surface area contributed by atoms with Crippen LogP contribution in [0.5, 0.6) is 0 Å². The van der Waals surface area contributed by atoms with Crippen molar-refractivity contribution >= 4 is 28.7 Å². The Morgan fingerprint density at radius 3 is 2.64 bits per heavy atom. The summed E-state index contributed by atoms with van der Waals surface area (Å²) in [4.78, 5) is 37.4. The van der Waals surface area contributed by atoms with Gasteiger partial charge >= 0.3 is 12.3 Å². The van der Waals surface area contributed by atoms with Crippen molar-refractivity contribution in [2.24, 2.45) is 0 Å². The molecular formula is C23H24F4N6O3. The zero-order chi connectivity index (χ0) is 26.4. The van der Waals surface area contributed by atoms with E-state index < -0.39 is 35.6 Å². The van der Waals surface area contributed by atoms with E-state index in [1.807, 2.05) is 5.32 Å². The Kier molecular flexibility index (Phi) is 6.27. The van der Waals surface area contributed by atoms with E-state index >= 15 is 0 Å². The topological polar surface area (TPSA) is 123 Å². The van der Waals surface area contributed by atoms with Gasteiger partial charge in [-0.1, -0.05) is 6.07 Å². The number of aryl methyl sites for hydroxylation is 1. The van der Waals surface area contributed by atoms with Gasteiger partial charge in [0.25, 0.3) is 5.91 Å². The molecule has 3 heterocycles. The number of imidazole rings is 1. The lowest BCUT2D eigenvalue weighted by molar-refractivity contribution is -0.149. The van der Waals surface area contributed by atoms with Crippen LogP contribution in [0.2, 0.25) is 0 Å². The summed E-state index contributed by atoms with van der Waals surface area (Å²) in [5.74, 6) is -1.39. The van der Waals surface area contributed by atoms with E-state index in [-0.39, 0.29) is 41.2 Å². The van der Waals surface area contributed by atoms with E-state index in [0.29, 0.717) is 17.5 Å². The molecule has 1 fully saturated rings. The fourth-order valence-electron chi connectivity index (χ4n) is 4.32. The van der Waals surface area contributed by atoms with Crippen LogP contribution in [-0.2, 0) is 0 Å². The number of hydrogen-bond acceptors (Lipinski definition) is 5. The molecule has 0 radical (unpaired) electrons. The first-order valence-corrected chi connectivity index (χ1v) is 11.1. The third-order valence-corrected chi connectivity index (χ3v) is 6.25. The fourth-order valence-corrected chi connectivity index (χ4v) is 4.32. The van der Waals surface area contributed by atoms with E-state index in [0.717, 1.165) is 13.1 Å². The standard InChI is InChI=1S/C23H24F4N6O3/c1-11-4-5-15(24)17-16(11)30-19(31-17)13-8-28-9-14(20(34)29-12(2)23(25,26)27)18(13)33-7-6-22(3,10-33)32-21(35)36/h4-5,8-9,12,32H,6-7,10H2,1-3H3,(H,29,34)(H,30,31)(H,35,36)/t12?,22-/m0/s1. The van der Waals surface area contributed by atoms with Crippen LogP contribution in [0.15, 0.2) is 24.5 Å². The van der Waals surface area contributed by atoms with Crippen molar-refractivity contribution < 1.29 is 32.3 Å². The number of amides is 2. The van der Waals surface area contributed by atoms with E-state index in [1.54, 1.807) is 24.8 Å². The Hall–Kier alpha value is -3.90. The molecule has 2 aromatic heterocycles. The van der Waals surface area contributed by atoms with Crippen LogP contribution < -0.4 is 15.5 Å². The normalized spacial score (nSPS) is 18.9. The summed E-state index contributed by atoms with van der Waals surface area (Å²) in [6, 6.07) is 0.722. The molecule has 0 spiro atoms. The van der Waals surface area contributed by atoms with Gasteiger partial charge in [0.1, 0.15) is 23.2 Å². The average molecular weight is 508 g/mol. The SMILES string of the molecule is Cc1ccc(F)c2[nH]c(-c3cncc(C(=O)NC(C)C(F)(F)F)c3N3CC[C@](C)(NC(=O)O)C3)nc12. The largest absolute Gasteiger partial charge is 0.465 e. The molecule has 1 aliphatic rings. The average Bonchev–Trinajstić information content (AvgIpc) is 3.39. The third-order valence-electron chi connectivity index (χ3n) is 6.25. The van der Waals surface area contributed by atoms with E-state index in [9.17, 15) is 32.3 Å². The monoisotopic (exact) mass is 508 g/mol. The minimum atomic E-state index is -4.66. The van der Waals surface area contributed by atoms with Crippen LogP contribution in [0.4, 0.5) is 28.0 Å². The molecule has 1 aromatic carbocycles. The van der Waals surface area contributed by atoms with E-state index in [2.05, 4.69) is 20.3 Å². The number of pyridine rings is 1. The Bertz CT molecular complexity index is 1300. The first-order chi connectivity index (χ1) is 16.8. The Labute approximate surface area is 202 Å². The number of benzene rings is 1. The number of carbonyl (C=O) groups is 2. The second-order valence-corrected chi connectivity index (χ2v) is 9.16. The Morgan fingerprint density at radius 2 is 2.00 bits per heavy atom. The molecule has 0 bridgehead atoms. The second kappa shape index (κ2) is 8.95. The van der Waals surface area contributed by atoms with Crippen molar-refractivity contribution in [3.05, 3.63) is 41.5 Å². The molecule has 1 aliphatic heterocycles. The van der Waals surface area contributed by atoms with E-state index in [1.165, 1.54) is 12.3 Å². The van der Waals surface area contributed by atoms with Crippen LogP contribution in [0.25, 0.3) is 22.4 Å². The van der Waals surface area contributed by atoms with Crippen LogP contribution in [0, 0.1) is 12.7 Å². The third kappa shape index (κ3) is 4.77. The molecule has 192 valence electrons. The molecular weight excluding hydrogens is 484 g/mol. The predicted octanol–water partition coefficient (Wildman–Crippen LogP) is 3.99. The number of nitrogens with zero attached hydrogens (tertiary/aromatic N) is 3. The molecule has 0 aliphatic carbocycles. The summed E-state index contributed by atoms with van der Waals surface area (Å²) >= 11 is 0.